The zero-order valence-electron chi connectivity index (χ0n) is 21.2. The van der Waals surface area contributed by atoms with Crippen molar-refractivity contribution in [1.82, 2.24) is 0 Å². The van der Waals surface area contributed by atoms with E-state index in [4.69, 9.17) is 13.9 Å². The van der Waals surface area contributed by atoms with Gasteiger partial charge in [0.15, 0.2) is 11.5 Å². The highest BCUT2D eigenvalue weighted by Crippen LogP contribution is 2.36. The summed E-state index contributed by atoms with van der Waals surface area (Å²) in [5.74, 6) is 0.196. The number of carbonyl (C=O) groups is 2. The standard InChI is InChI=1S/C30H24FNO6S/c1-17(30-24(33)16-26(34)39-30)18-3-8-21(9-4-18)32-13-14-37-29-27(35)23-15-20(31)7-12-25(23)38-28(29)19-5-10-22(36-2)11-6-19/h3-12,15,32H,13-14,16H2,1-2H3/b30-17-. The molecule has 1 saturated heterocycles. The number of thioether (sulfide) groups is 1. The number of rotatable bonds is 8. The molecule has 4 aromatic rings. The molecule has 0 atom stereocenters. The van der Waals surface area contributed by atoms with Crippen LogP contribution in [0.2, 0.25) is 0 Å². The number of anilines is 1. The van der Waals surface area contributed by atoms with Gasteiger partial charge in [-0.05, 0) is 84.4 Å². The number of nitrogens with one attached hydrogen (secondary N) is 1. The summed E-state index contributed by atoms with van der Waals surface area (Å²) >= 11 is 0.998. The number of Topliss-reactive ketones (excluding diaryl/α,β-unsaturated/α-hetero) is 1. The summed E-state index contributed by atoms with van der Waals surface area (Å²) in [5.41, 5.74) is 2.84. The topological polar surface area (TPSA) is 94.8 Å². The van der Waals surface area contributed by atoms with Gasteiger partial charge in [0, 0.05) is 17.8 Å². The Morgan fingerprint density at radius 3 is 2.44 bits per heavy atom. The summed E-state index contributed by atoms with van der Waals surface area (Å²) in [4.78, 5) is 37.4. The van der Waals surface area contributed by atoms with Gasteiger partial charge in [-0.3, -0.25) is 14.4 Å². The van der Waals surface area contributed by atoms with E-state index in [-0.39, 0.29) is 46.4 Å². The molecule has 7 nitrogen and oxygen atoms in total. The second kappa shape index (κ2) is 11.2. The predicted molar refractivity (Wildman–Crippen MR) is 150 cm³/mol. The lowest BCUT2D eigenvalue weighted by molar-refractivity contribution is -0.119. The van der Waals surface area contributed by atoms with Crippen LogP contribution < -0.4 is 20.2 Å². The molecule has 0 amide bonds. The van der Waals surface area contributed by atoms with Gasteiger partial charge in [-0.1, -0.05) is 12.1 Å². The number of halogens is 1. The number of carbonyl (C=O) groups excluding carboxylic acids is 2. The fourth-order valence-electron chi connectivity index (χ4n) is 4.24. The number of hydrogen-bond donors (Lipinski definition) is 1. The van der Waals surface area contributed by atoms with Crippen LogP contribution in [0.1, 0.15) is 18.9 Å². The molecule has 9 heteroatoms. The van der Waals surface area contributed by atoms with Gasteiger partial charge in [-0.15, -0.1) is 0 Å². The van der Waals surface area contributed by atoms with Crippen molar-refractivity contribution in [3.63, 3.8) is 0 Å². The quantitative estimate of drug-likeness (QED) is 0.162. The Morgan fingerprint density at radius 2 is 1.77 bits per heavy atom. The van der Waals surface area contributed by atoms with Crippen molar-refractivity contribution in [3.8, 4) is 22.8 Å². The normalized spacial score (nSPS) is 14.5. The number of methoxy groups -OCH3 is 1. The minimum absolute atomic E-state index is 0.00839. The number of hydrogen-bond acceptors (Lipinski definition) is 8. The first-order chi connectivity index (χ1) is 18.8. The SMILES string of the molecule is COc1ccc(-c2oc3ccc(F)cc3c(=O)c2OCCNc2ccc(/C(C)=C3\SC(=O)CC3=O)cc2)cc1. The third kappa shape index (κ3) is 5.58. The third-order valence-electron chi connectivity index (χ3n) is 6.27. The Labute approximate surface area is 227 Å². The molecule has 5 rings (SSSR count). The van der Waals surface area contributed by atoms with Crippen LogP contribution in [-0.2, 0) is 9.59 Å². The Morgan fingerprint density at radius 1 is 1.03 bits per heavy atom. The first kappa shape index (κ1) is 26.2. The van der Waals surface area contributed by atoms with Crippen molar-refractivity contribution in [1.29, 1.82) is 0 Å². The zero-order valence-corrected chi connectivity index (χ0v) is 22.0. The molecule has 0 radical (unpaired) electrons. The molecular weight excluding hydrogens is 521 g/mol. The molecule has 39 heavy (non-hydrogen) atoms. The Hall–Kier alpha value is -4.37. The average Bonchev–Trinajstić information content (AvgIpc) is 3.29. The average molecular weight is 546 g/mol. The molecule has 1 fully saturated rings. The highest BCUT2D eigenvalue weighted by Gasteiger charge is 2.28. The summed E-state index contributed by atoms with van der Waals surface area (Å²) in [6, 6.07) is 18.3. The summed E-state index contributed by atoms with van der Waals surface area (Å²) in [6.45, 7) is 2.33. The van der Waals surface area contributed by atoms with Gasteiger partial charge in [0.2, 0.25) is 16.3 Å². The van der Waals surface area contributed by atoms with Gasteiger partial charge in [-0.25, -0.2) is 4.39 Å². The fourth-order valence-corrected chi connectivity index (χ4v) is 5.12. The predicted octanol–water partition coefficient (Wildman–Crippen LogP) is 6.06. The lowest BCUT2D eigenvalue weighted by atomic mass is 10.0. The molecule has 0 unspecified atom stereocenters. The van der Waals surface area contributed by atoms with Crippen LogP contribution >= 0.6 is 11.8 Å². The molecule has 1 aromatic heterocycles. The highest BCUT2D eigenvalue weighted by atomic mass is 32.2. The molecule has 0 spiro atoms. The van der Waals surface area contributed by atoms with E-state index in [0.717, 1.165) is 34.7 Å². The Balaban J connectivity index is 1.32. The van der Waals surface area contributed by atoms with Crippen molar-refractivity contribution >= 4 is 44.9 Å². The van der Waals surface area contributed by atoms with E-state index >= 15 is 0 Å². The minimum atomic E-state index is -0.545. The van der Waals surface area contributed by atoms with Gasteiger partial charge in [0.1, 0.15) is 23.8 Å². The van der Waals surface area contributed by atoms with E-state index < -0.39 is 11.2 Å². The number of fused-ring (bicyclic) bond motifs is 1. The van der Waals surface area contributed by atoms with Crippen LogP contribution in [0, 0.1) is 5.82 Å². The van der Waals surface area contributed by atoms with E-state index in [1.54, 1.807) is 31.4 Å². The monoisotopic (exact) mass is 545 g/mol. The highest BCUT2D eigenvalue weighted by molar-refractivity contribution is 8.18. The van der Waals surface area contributed by atoms with Crippen molar-refractivity contribution in [2.75, 3.05) is 25.6 Å². The smallest absolute Gasteiger partial charge is 0.235 e. The first-order valence-corrected chi connectivity index (χ1v) is 13.0. The molecule has 2 heterocycles. The maximum absolute atomic E-state index is 13.9. The lowest BCUT2D eigenvalue weighted by Crippen LogP contribution is -2.16. The molecule has 198 valence electrons. The van der Waals surface area contributed by atoms with Crippen LogP contribution in [0.5, 0.6) is 11.5 Å². The van der Waals surface area contributed by atoms with E-state index in [9.17, 15) is 18.8 Å². The van der Waals surface area contributed by atoms with Crippen LogP contribution in [0.15, 0.2) is 80.8 Å². The molecule has 0 aliphatic carbocycles. The van der Waals surface area contributed by atoms with Crippen LogP contribution in [-0.4, -0.2) is 31.2 Å². The molecule has 1 aliphatic heterocycles. The number of allylic oxidation sites excluding steroid dienone is 2. The molecule has 3 aromatic carbocycles. The summed E-state index contributed by atoms with van der Waals surface area (Å²) < 4.78 is 31.0. The second-order valence-electron chi connectivity index (χ2n) is 8.84. The van der Waals surface area contributed by atoms with E-state index in [2.05, 4.69) is 5.32 Å². The van der Waals surface area contributed by atoms with Crippen LogP contribution in [0.3, 0.4) is 0 Å². The van der Waals surface area contributed by atoms with Gasteiger partial charge in [0.05, 0.1) is 23.8 Å². The second-order valence-corrected chi connectivity index (χ2v) is 9.91. The maximum Gasteiger partial charge on any atom is 0.235 e. The van der Waals surface area contributed by atoms with Gasteiger partial charge in [-0.2, -0.15) is 0 Å². The summed E-state index contributed by atoms with van der Waals surface area (Å²) in [7, 11) is 1.56. The Bertz CT molecular complexity index is 1660. The first-order valence-electron chi connectivity index (χ1n) is 12.2. The summed E-state index contributed by atoms with van der Waals surface area (Å²) in [5, 5.41) is 3.19. The number of benzene rings is 3. The van der Waals surface area contributed by atoms with Crippen LogP contribution in [0.25, 0.3) is 27.9 Å². The largest absolute Gasteiger partial charge is 0.497 e. The van der Waals surface area contributed by atoms with Crippen molar-refractivity contribution in [2.45, 2.75) is 13.3 Å². The van der Waals surface area contributed by atoms with Crippen molar-refractivity contribution in [3.05, 3.63) is 93.2 Å². The molecule has 1 N–H and O–H groups in total. The van der Waals surface area contributed by atoms with Crippen molar-refractivity contribution in [2.24, 2.45) is 0 Å². The van der Waals surface area contributed by atoms with Crippen LogP contribution in [0.4, 0.5) is 10.1 Å². The Kier molecular flexibility index (Phi) is 7.51. The molecule has 0 saturated carbocycles. The molecule has 1 aliphatic rings. The number of ketones is 1. The van der Waals surface area contributed by atoms with E-state index in [1.807, 2.05) is 31.2 Å². The molecular formula is C30H24FNO6S. The fraction of sp³-hybridized carbons (Fsp3) is 0.167. The lowest BCUT2D eigenvalue weighted by Gasteiger charge is -2.13. The number of ether oxygens (including phenoxy) is 2. The van der Waals surface area contributed by atoms with E-state index in [1.165, 1.54) is 12.1 Å². The van der Waals surface area contributed by atoms with Gasteiger partial charge in [0.25, 0.3) is 0 Å². The zero-order chi connectivity index (χ0) is 27.5. The third-order valence-corrected chi connectivity index (χ3v) is 7.38. The van der Waals surface area contributed by atoms with E-state index in [0.29, 0.717) is 22.8 Å². The van der Waals surface area contributed by atoms with Gasteiger partial charge < -0.3 is 19.2 Å². The maximum atomic E-state index is 13.9. The molecule has 0 bridgehead atoms. The van der Waals surface area contributed by atoms with Crippen molar-refractivity contribution < 1.29 is 27.9 Å². The summed E-state index contributed by atoms with van der Waals surface area (Å²) in [6.07, 6.45) is -0.0539. The van der Waals surface area contributed by atoms with Gasteiger partial charge >= 0.3 is 0 Å². The minimum Gasteiger partial charge on any atom is -0.497 e.